The highest BCUT2D eigenvalue weighted by atomic mass is 16.5. The zero-order chi connectivity index (χ0) is 28.8. The second-order valence-electron chi connectivity index (χ2n) is 11.0. The number of aromatic amines is 1. The number of phenolic OH excluding ortho intramolecular Hbond substituents is 2. The smallest absolute Gasteiger partial charge is 0.248 e. The van der Waals surface area contributed by atoms with Crippen molar-refractivity contribution in [1.82, 2.24) is 15.2 Å². The molecule has 1 aliphatic heterocycles. The molecule has 8 heteroatoms. The van der Waals surface area contributed by atoms with Crippen LogP contribution in [-0.4, -0.2) is 65.0 Å². The zero-order valence-electron chi connectivity index (χ0n) is 23.5. The van der Waals surface area contributed by atoms with Crippen molar-refractivity contribution in [3.8, 4) is 17.2 Å². The summed E-state index contributed by atoms with van der Waals surface area (Å²) in [5, 5.41) is 35.1. The first-order valence-electron chi connectivity index (χ1n) is 14.3. The van der Waals surface area contributed by atoms with Gasteiger partial charge in [-0.05, 0) is 104 Å². The molecule has 0 unspecified atom stereocenters. The summed E-state index contributed by atoms with van der Waals surface area (Å²) in [4.78, 5) is 16.6. The van der Waals surface area contributed by atoms with Gasteiger partial charge in [0, 0.05) is 24.4 Å². The van der Waals surface area contributed by atoms with Crippen LogP contribution in [0, 0.1) is 0 Å². The van der Waals surface area contributed by atoms with Crippen LogP contribution in [0.1, 0.15) is 47.1 Å². The number of H-pyrrole nitrogens is 1. The van der Waals surface area contributed by atoms with Crippen LogP contribution in [0.25, 0.3) is 10.9 Å². The summed E-state index contributed by atoms with van der Waals surface area (Å²) in [6.07, 6.45) is 2.94. The monoisotopic (exact) mass is 557 g/mol. The SMILES string of the molecule is CN1CCC(c2cc(CCOc3ccc(CCNC[C@H](O)c4ccc(O)c5[nH]c(=O)ccc45)cc3)ccc2O)CC1. The van der Waals surface area contributed by atoms with Gasteiger partial charge in [0.2, 0.25) is 5.56 Å². The van der Waals surface area contributed by atoms with Crippen LogP contribution in [0.4, 0.5) is 0 Å². The number of aliphatic hydroxyl groups is 1. The van der Waals surface area contributed by atoms with Crippen molar-refractivity contribution in [1.29, 1.82) is 0 Å². The molecule has 0 spiro atoms. The first-order chi connectivity index (χ1) is 19.9. The van der Waals surface area contributed by atoms with E-state index in [0.29, 0.717) is 47.8 Å². The van der Waals surface area contributed by atoms with Gasteiger partial charge in [0.05, 0.1) is 18.2 Å². The number of piperidine rings is 1. The van der Waals surface area contributed by atoms with E-state index < -0.39 is 6.10 Å². The molecule has 5 N–H and O–H groups in total. The summed E-state index contributed by atoms with van der Waals surface area (Å²) >= 11 is 0. The van der Waals surface area contributed by atoms with Gasteiger partial charge < -0.3 is 35.3 Å². The number of likely N-dealkylation sites (tertiary alicyclic amines) is 1. The van der Waals surface area contributed by atoms with E-state index >= 15 is 0 Å². The molecule has 0 saturated carbocycles. The number of hydrogen-bond acceptors (Lipinski definition) is 7. The van der Waals surface area contributed by atoms with E-state index in [-0.39, 0.29) is 11.3 Å². The molecule has 2 heterocycles. The summed E-state index contributed by atoms with van der Waals surface area (Å²) < 4.78 is 5.99. The molecule has 1 aromatic heterocycles. The molecular formula is C33H39N3O5. The van der Waals surface area contributed by atoms with Gasteiger partial charge in [-0.15, -0.1) is 0 Å². The van der Waals surface area contributed by atoms with Crippen LogP contribution >= 0.6 is 0 Å². The second-order valence-corrected chi connectivity index (χ2v) is 11.0. The minimum atomic E-state index is -0.784. The van der Waals surface area contributed by atoms with Gasteiger partial charge in [-0.3, -0.25) is 4.79 Å². The number of phenols is 2. The van der Waals surface area contributed by atoms with Gasteiger partial charge in [-0.25, -0.2) is 0 Å². The third-order valence-corrected chi connectivity index (χ3v) is 8.03. The first-order valence-corrected chi connectivity index (χ1v) is 14.3. The van der Waals surface area contributed by atoms with Crippen molar-refractivity contribution in [3.63, 3.8) is 0 Å². The summed E-state index contributed by atoms with van der Waals surface area (Å²) in [6.45, 7) is 3.72. The number of aromatic nitrogens is 1. The number of nitrogens with zero attached hydrogens (tertiary/aromatic N) is 1. The summed E-state index contributed by atoms with van der Waals surface area (Å²) in [7, 11) is 2.15. The van der Waals surface area contributed by atoms with Gasteiger partial charge in [-0.1, -0.05) is 30.3 Å². The highest BCUT2D eigenvalue weighted by Gasteiger charge is 2.21. The Bertz CT molecular complexity index is 1510. The minimum Gasteiger partial charge on any atom is -0.508 e. The third kappa shape index (κ3) is 7.27. The molecule has 0 amide bonds. The molecule has 1 fully saturated rings. The lowest BCUT2D eigenvalue weighted by Crippen LogP contribution is -2.29. The number of aromatic hydroxyl groups is 2. The normalized spacial score (nSPS) is 15.3. The largest absolute Gasteiger partial charge is 0.508 e. The molecule has 8 nitrogen and oxygen atoms in total. The molecule has 1 aliphatic rings. The van der Waals surface area contributed by atoms with Crippen molar-refractivity contribution in [2.45, 2.75) is 37.7 Å². The molecule has 0 aliphatic carbocycles. The van der Waals surface area contributed by atoms with Crippen molar-refractivity contribution < 1.29 is 20.1 Å². The Morgan fingerprint density at radius 2 is 1.68 bits per heavy atom. The van der Waals surface area contributed by atoms with Crippen LogP contribution in [0.15, 0.2) is 71.5 Å². The number of hydrogen-bond donors (Lipinski definition) is 5. The van der Waals surface area contributed by atoms with Crippen LogP contribution in [-0.2, 0) is 12.8 Å². The fraction of sp³-hybridized carbons (Fsp3) is 0.364. The molecule has 4 aromatic rings. The third-order valence-electron chi connectivity index (χ3n) is 8.03. The summed E-state index contributed by atoms with van der Waals surface area (Å²) in [5.74, 6) is 1.61. The van der Waals surface area contributed by atoms with E-state index in [1.54, 1.807) is 12.1 Å². The lowest BCUT2D eigenvalue weighted by atomic mass is 9.88. The van der Waals surface area contributed by atoms with E-state index in [1.807, 2.05) is 24.3 Å². The first kappa shape index (κ1) is 28.7. The van der Waals surface area contributed by atoms with Gasteiger partial charge in [0.1, 0.15) is 17.2 Å². The predicted octanol–water partition coefficient (Wildman–Crippen LogP) is 4.24. The maximum Gasteiger partial charge on any atom is 0.248 e. The number of rotatable bonds is 11. The molecule has 1 saturated heterocycles. The molecular weight excluding hydrogens is 518 g/mol. The average molecular weight is 558 g/mol. The standard InChI is InChI=1S/C33H39N3O5/c1-36-17-13-24(14-18-36)28-20-23(4-9-29(28)37)15-19-41-25-5-2-22(3-6-25)12-16-34-21-31(39)26-7-10-30(38)33-27(26)8-11-32(40)35-33/h2-11,20,24,31,34,37-39H,12-19,21H2,1H3,(H,35,40)/t31-/m0/s1. The van der Waals surface area contributed by atoms with Crippen molar-refractivity contribution in [3.05, 3.63) is 99.3 Å². The number of pyridine rings is 1. The van der Waals surface area contributed by atoms with Crippen LogP contribution in [0.2, 0.25) is 0 Å². The van der Waals surface area contributed by atoms with Crippen molar-refractivity contribution in [2.24, 2.45) is 0 Å². The fourth-order valence-electron chi connectivity index (χ4n) is 5.58. The van der Waals surface area contributed by atoms with Crippen LogP contribution in [0.3, 0.4) is 0 Å². The van der Waals surface area contributed by atoms with Crippen molar-refractivity contribution >= 4 is 10.9 Å². The van der Waals surface area contributed by atoms with Crippen molar-refractivity contribution in [2.75, 3.05) is 39.8 Å². The quantitative estimate of drug-likeness (QED) is 0.175. The number of ether oxygens (including phenoxy) is 1. The average Bonchev–Trinajstić information content (AvgIpc) is 2.98. The predicted molar refractivity (Wildman–Crippen MR) is 161 cm³/mol. The Kier molecular flexibility index (Phi) is 9.24. The maximum atomic E-state index is 11.6. The molecule has 216 valence electrons. The Hall–Kier alpha value is -3.85. The van der Waals surface area contributed by atoms with Crippen LogP contribution < -0.4 is 15.6 Å². The Morgan fingerprint density at radius 1 is 0.951 bits per heavy atom. The molecule has 1 atom stereocenters. The van der Waals surface area contributed by atoms with E-state index in [4.69, 9.17) is 4.74 Å². The lowest BCUT2D eigenvalue weighted by Gasteiger charge is -2.29. The Labute approximate surface area is 240 Å². The Balaban J connectivity index is 1.06. The number of fused-ring (bicyclic) bond motifs is 1. The van der Waals surface area contributed by atoms with E-state index in [2.05, 4.69) is 40.4 Å². The maximum absolute atomic E-state index is 11.6. The summed E-state index contributed by atoms with van der Waals surface area (Å²) in [6, 6.07) is 20.2. The van der Waals surface area contributed by atoms with Gasteiger partial charge in [0.15, 0.2) is 0 Å². The zero-order valence-corrected chi connectivity index (χ0v) is 23.5. The second kappa shape index (κ2) is 13.2. The molecule has 0 bridgehead atoms. The number of benzene rings is 3. The molecule has 3 aromatic carbocycles. The van der Waals surface area contributed by atoms with E-state index in [0.717, 1.165) is 55.6 Å². The Morgan fingerprint density at radius 3 is 2.46 bits per heavy atom. The minimum absolute atomic E-state index is 0.0217. The summed E-state index contributed by atoms with van der Waals surface area (Å²) in [5.41, 5.74) is 4.07. The highest BCUT2D eigenvalue weighted by molar-refractivity contribution is 5.87. The number of aliphatic hydroxyl groups excluding tert-OH is 1. The van der Waals surface area contributed by atoms with E-state index in [9.17, 15) is 20.1 Å². The highest BCUT2D eigenvalue weighted by Crippen LogP contribution is 2.34. The lowest BCUT2D eigenvalue weighted by molar-refractivity contribution is 0.176. The van der Waals surface area contributed by atoms with E-state index in [1.165, 1.54) is 17.7 Å². The fourth-order valence-corrected chi connectivity index (χ4v) is 5.58. The molecule has 5 rings (SSSR count). The van der Waals surface area contributed by atoms with Crippen LogP contribution in [0.5, 0.6) is 17.2 Å². The van der Waals surface area contributed by atoms with Gasteiger partial charge in [0.25, 0.3) is 0 Å². The molecule has 41 heavy (non-hydrogen) atoms. The topological polar surface area (TPSA) is 118 Å². The van der Waals surface area contributed by atoms with Gasteiger partial charge >= 0.3 is 0 Å². The molecule has 0 radical (unpaired) electrons. The van der Waals surface area contributed by atoms with Gasteiger partial charge in [-0.2, -0.15) is 0 Å². The number of nitrogens with one attached hydrogen (secondary N) is 2.